The normalized spacial score (nSPS) is 11.5. The number of carbonyl (C=O) groups is 1. The Hall–Kier alpha value is -2.36. The molecule has 6 nitrogen and oxygen atoms in total. The highest BCUT2D eigenvalue weighted by atomic mass is 32.2. The number of carbonyl (C=O) groups excluding carboxylic acids is 1. The second-order valence-electron chi connectivity index (χ2n) is 6.05. The van der Waals surface area contributed by atoms with E-state index in [2.05, 4.69) is 10.1 Å². The lowest BCUT2D eigenvalue weighted by atomic mass is 10.3. The summed E-state index contributed by atoms with van der Waals surface area (Å²) in [6, 6.07) is 3.61. The average Bonchev–Trinajstić information content (AvgIpc) is 3.03. The van der Waals surface area contributed by atoms with E-state index in [4.69, 9.17) is 5.41 Å². The fraction of sp³-hybridized carbons (Fsp3) is 0.444. The van der Waals surface area contributed by atoms with Gasteiger partial charge >= 0.3 is 6.18 Å². The molecule has 0 aromatic carbocycles. The van der Waals surface area contributed by atoms with Crippen LogP contribution in [0.3, 0.4) is 0 Å². The first-order valence-corrected chi connectivity index (χ1v) is 9.89. The summed E-state index contributed by atoms with van der Waals surface area (Å²) in [6.45, 7) is 3.91. The van der Waals surface area contributed by atoms with Crippen molar-refractivity contribution < 1.29 is 18.0 Å². The maximum absolute atomic E-state index is 12.7. The Labute approximate surface area is 165 Å². The highest BCUT2D eigenvalue weighted by molar-refractivity contribution is 8.00. The van der Waals surface area contributed by atoms with Gasteiger partial charge in [0.2, 0.25) is 0 Å². The molecule has 0 bridgehead atoms. The number of halogens is 3. The molecule has 2 aromatic rings. The van der Waals surface area contributed by atoms with Crippen LogP contribution in [0.15, 0.2) is 30.7 Å². The first-order valence-electron chi connectivity index (χ1n) is 8.73. The minimum atomic E-state index is -4.17. The summed E-state index contributed by atoms with van der Waals surface area (Å²) in [5.41, 5.74) is 1.82. The fourth-order valence-corrected chi connectivity index (χ4v) is 3.35. The molecule has 0 atom stereocenters. The van der Waals surface area contributed by atoms with Crippen LogP contribution in [0.2, 0.25) is 0 Å². The average molecular weight is 413 g/mol. The van der Waals surface area contributed by atoms with E-state index in [0.717, 1.165) is 17.4 Å². The third kappa shape index (κ3) is 6.08. The van der Waals surface area contributed by atoms with Crippen molar-refractivity contribution in [3.8, 4) is 5.69 Å². The van der Waals surface area contributed by atoms with E-state index in [-0.39, 0.29) is 23.6 Å². The molecule has 0 saturated heterocycles. The summed E-state index contributed by atoms with van der Waals surface area (Å²) in [6.07, 6.45) is -0.0458. The van der Waals surface area contributed by atoms with Crippen LogP contribution < -0.4 is 4.90 Å². The SMILES string of the molecule is CCN(C(=O)C(=N)CSCCCC(F)(F)F)c1cn(-c2cccnc2)nc1C. The van der Waals surface area contributed by atoms with Crippen LogP contribution >= 0.6 is 11.8 Å². The van der Waals surface area contributed by atoms with Crippen LogP contribution in [0.25, 0.3) is 5.69 Å². The van der Waals surface area contributed by atoms with E-state index >= 15 is 0 Å². The molecule has 2 heterocycles. The van der Waals surface area contributed by atoms with E-state index in [1.807, 2.05) is 6.07 Å². The number of hydrogen-bond acceptors (Lipinski definition) is 5. The van der Waals surface area contributed by atoms with Crippen molar-refractivity contribution in [1.29, 1.82) is 5.41 Å². The molecule has 10 heteroatoms. The van der Waals surface area contributed by atoms with Crippen molar-refractivity contribution in [3.63, 3.8) is 0 Å². The molecule has 0 radical (unpaired) electrons. The number of pyridine rings is 1. The zero-order chi connectivity index (χ0) is 20.7. The lowest BCUT2D eigenvalue weighted by molar-refractivity contribution is -0.134. The van der Waals surface area contributed by atoms with Gasteiger partial charge in [0, 0.05) is 24.9 Å². The van der Waals surface area contributed by atoms with Gasteiger partial charge in [-0.05, 0) is 38.2 Å². The number of hydrogen-bond donors (Lipinski definition) is 1. The molecule has 1 N–H and O–H groups in total. The third-order valence-corrected chi connectivity index (χ3v) is 4.96. The minimum absolute atomic E-state index is 0.0237. The highest BCUT2D eigenvalue weighted by Gasteiger charge is 2.26. The number of alkyl halides is 3. The second-order valence-corrected chi connectivity index (χ2v) is 7.16. The molecular weight excluding hydrogens is 391 g/mol. The number of anilines is 1. The molecule has 152 valence electrons. The molecular formula is C18H22F3N5OS. The Balaban J connectivity index is 1.99. The lowest BCUT2D eigenvalue weighted by Crippen LogP contribution is -2.37. The molecule has 0 aliphatic heterocycles. The monoisotopic (exact) mass is 413 g/mol. The molecule has 0 spiro atoms. The van der Waals surface area contributed by atoms with Crippen molar-refractivity contribution in [2.45, 2.75) is 32.9 Å². The van der Waals surface area contributed by atoms with Gasteiger partial charge in [0.05, 0.1) is 29.5 Å². The Kier molecular flexibility index (Phi) is 7.61. The number of nitrogens with one attached hydrogen (secondary N) is 1. The molecule has 0 unspecified atom stereocenters. The van der Waals surface area contributed by atoms with Crippen LogP contribution in [0.4, 0.5) is 18.9 Å². The van der Waals surface area contributed by atoms with Gasteiger partial charge in [-0.15, -0.1) is 0 Å². The summed E-state index contributed by atoms with van der Waals surface area (Å²) in [5.74, 6) is -0.151. The Morgan fingerprint density at radius 1 is 1.39 bits per heavy atom. The molecule has 0 aliphatic carbocycles. The van der Waals surface area contributed by atoms with Gasteiger partial charge in [-0.1, -0.05) is 0 Å². The maximum Gasteiger partial charge on any atom is 0.389 e. The number of aromatic nitrogens is 3. The van der Waals surface area contributed by atoms with Crippen LogP contribution in [0, 0.1) is 12.3 Å². The Morgan fingerprint density at radius 3 is 2.75 bits per heavy atom. The number of amides is 1. The topological polar surface area (TPSA) is 74.9 Å². The van der Waals surface area contributed by atoms with E-state index in [1.54, 1.807) is 43.2 Å². The summed E-state index contributed by atoms with van der Waals surface area (Å²) in [5, 5.41) is 12.4. The number of aryl methyl sites for hydroxylation is 1. The van der Waals surface area contributed by atoms with Gasteiger partial charge in [0.15, 0.2) is 0 Å². The smallest absolute Gasteiger partial charge is 0.304 e. The van der Waals surface area contributed by atoms with Crippen molar-refractivity contribution in [2.24, 2.45) is 0 Å². The Bertz CT molecular complexity index is 807. The Morgan fingerprint density at radius 2 is 2.14 bits per heavy atom. The van der Waals surface area contributed by atoms with Crippen molar-refractivity contribution >= 4 is 29.1 Å². The zero-order valence-corrected chi connectivity index (χ0v) is 16.5. The first kappa shape index (κ1) is 21.9. The van der Waals surface area contributed by atoms with E-state index in [0.29, 0.717) is 17.9 Å². The first-order chi connectivity index (χ1) is 13.2. The summed E-state index contributed by atoms with van der Waals surface area (Å²) >= 11 is 1.16. The number of nitrogens with zero attached hydrogens (tertiary/aromatic N) is 4. The summed E-state index contributed by atoms with van der Waals surface area (Å²) in [4.78, 5) is 18.2. The molecule has 2 aromatic heterocycles. The van der Waals surface area contributed by atoms with Gasteiger partial charge in [-0.2, -0.15) is 30.0 Å². The molecule has 0 fully saturated rings. The molecule has 28 heavy (non-hydrogen) atoms. The zero-order valence-electron chi connectivity index (χ0n) is 15.7. The quantitative estimate of drug-likeness (QED) is 0.498. The highest BCUT2D eigenvalue weighted by Crippen LogP contribution is 2.23. The van der Waals surface area contributed by atoms with Crippen molar-refractivity contribution in [1.82, 2.24) is 14.8 Å². The molecule has 2 rings (SSSR count). The largest absolute Gasteiger partial charge is 0.389 e. The number of rotatable bonds is 9. The standard InChI is InChI=1S/C18H22F3N5OS/c1-3-25(17(27)15(22)12-28-9-5-7-18(19,20)21)16-11-26(24-13(16)2)14-6-4-8-23-10-14/h4,6,8,10-11,22H,3,5,7,9,12H2,1-2H3. The second kappa shape index (κ2) is 9.72. The molecule has 1 amide bonds. The minimum Gasteiger partial charge on any atom is -0.304 e. The molecule has 0 aliphatic rings. The van der Waals surface area contributed by atoms with Crippen LogP contribution in [-0.4, -0.2) is 50.6 Å². The van der Waals surface area contributed by atoms with Crippen LogP contribution in [0.5, 0.6) is 0 Å². The third-order valence-electron chi connectivity index (χ3n) is 3.89. The summed E-state index contributed by atoms with van der Waals surface area (Å²) in [7, 11) is 0. The van der Waals surface area contributed by atoms with Crippen LogP contribution in [0.1, 0.15) is 25.5 Å². The van der Waals surface area contributed by atoms with Gasteiger partial charge in [-0.3, -0.25) is 15.2 Å². The predicted molar refractivity (Wildman–Crippen MR) is 104 cm³/mol. The lowest BCUT2D eigenvalue weighted by Gasteiger charge is -2.20. The predicted octanol–water partition coefficient (Wildman–Crippen LogP) is 4.02. The fourth-order valence-electron chi connectivity index (χ4n) is 2.53. The summed E-state index contributed by atoms with van der Waals surface area (Å²) < 4.78 is 38.1. The molecule has 0 saturated carbocycles. The van der Waals surface area contributed by atoms with Gasteiger partial charge in [-0.25, -0.2) is 4.68 Å². The van der Waals surface area contributed by atoms with Gasteiger partial charge in [0.25, 0.3) is 5.91 Å². The van der Waals surface area contributed by atoms with Gasteiger partial charge in [0.1, 0.15) is 5.71 Å². The number of thioether (sulfide) groups is 1. The van der Waals surface area contributed by atoms with Gasteiger partial charge < -0.3 is 4.90 Å². The van der Waals surface area contributed by atoms with Crippen molar-refractivity contribution in [2.75, 3.05) is 23.0 Å². The van der Waals surface area contributed by atoms with E-state index < -0.39 is 18.5 Å². The van der Waals surface area contributed by atoms with E-state index in [9.17, 15) is 18.0 Å². The maximum atomic E-state index is 12.7. The van der Waals surface area contributed by atoms with Crippen molar-refractivity contribution in [3.05, 3.63) is 36.4 Å². The van der Waals surface area contributed by atoms with E-state index in [1.165, 1.54) is 4.90 Å². The van der Waals surface area contributed by atoms with Crippen LogP contribution in [-0.2, 0) is 4.79 Å².